The Kier molecular flexibility index (Phi) is 20.7. The number of unbranched alkanes of at least 4 members (excludes halogenated alkanes) is 3. The molecule has 34 heavy (non-hydrogen) atoms. The Bertz CT molecular complexity index is 523. The van der Waals surface area contributed by atoms with Gasteiger partial charge in [0.1, 0.15) is 0 Å². The summed E-state index contributed by atoms with van der Waals surface area (Å²) < 4.78 is 0. The Morgan fingerprint density at radius 1 is 0.765 bits per heavy atom. The summed E-state index contributed by atoms with van der Waals surface area (Å²) in [6.07, 6.45) is 33.4. The predicted molar refractivity (Wildman–Crippen MR) is 157 cm³/mol. The molecule has 2 saturated carbocycles. The molecule has 0 spiro atoms. The second-order valence-corrected chi connectivity index (χ2v) is 11.6. The fourth-order valence-electron chi connectivity index (χ4n) is 6.32. The minimum absolute atomic E-state index is 0.733. The van der Waals surface area contributed by atoms with Crippen LogP contribution in [0.2, 0.25) is 0 Å². The highest BCUT2D eigenvalue weighted by atomic mass is 14.3. The third kappa shape index (κ3) is 14.4. The average molecular weight is 471 g/mol. The van der Waals surface area contributed by atoms with Crippen LogP contribution in [0.25, 0.3) is 0 Å². The van der Waals surface area contributed by atoms with Crippen LogP contribution in [0.5, 0.6) is 0 Å². The number of rotatable bonds is 13. The molecule has 5 atom stereocenters. The van der Waals surface area contributed by atoms with Crippen LogP contribution in [-0.4, -0.2) is 0 Å². The van der Waals surface area contributed by atoms with E-state index in [1.807, 2.05) is 0 Å². The summed E-state index contributed by atoms with van der Waals surface area (Å²) in [4.78, 5) is 0. The first-order valence-corrected chi connectivity index (χ1v) is 15.1. The Hall–Kier alpha value is -0.960. The summed E-state index contributed by atoms with van der Waals surface area (Å²) in [5.74, 6) is 4.72. The molecule has 2 fully saturated rings. The first kappa shape index (κ1) is 33.0. The van der Waals surface area contributed by atoms with E-state index in [0.29, 0.717) is 0 Å². The van der Waals surface area contributed by atoms with E-state index in [2.05, 4.69) is 60.6 Å². The van der Waals surface area contributed by atoms with Gasteiger partial charge in [-0.15, -0.1) is 19.4 Å². The number of hydrogen-bond donors (Lipinski definition) is 0. The summed E-state index contributed by atoms with van der Waals surface area (Å²) in [5, 5.41) is 0. The van der Waals surface area contributed by atoms with Gasteiger partial charge in [-0.1, -0.05) is 129 Å². The van der Waals surface area contributed by atoms with Crippen LogP contribution in [-0.2, 0) is 0 Å². The molecule has 0 bridgehead atoms. The standard InChI is InChI=1S/C21H38.C11H22.C2H2/c1-6-7-14-20-15-10-11-16-21(20)19(5)18(4)13-9-8-12-17(2)3;1-3-4-8-11-9-6-5-7-10(11)2;1-2/h19-21H,2,4,6-16H2,1,3,5H3;10-11H,3-9H2,1-2H3;1-2H. The second-order valence-electron chi connectivity index (χ2n) is 11.6. The lowest BCUT2D eigenvalue weighted by Gasteiger charge is -2.37. The Balaban J connectivity index is 0.000000701. The highest BCUT2D eigenvalue weighted by Crippen LogP contribution is 2.41. The average Bonchev–Trinajstić information content (AvgIpc) is 2.86. The van der Waals surface area contributed by atoms with E-state index in [1.165, 1.54) is 127 Å². The molecule has 0 nitrogen and oxygen atoms in total. The molecule has 2 aliphatic carbocycles. The van der Waals surface area contributed by atoms with Crippen molar-refractivity contribution in [2.45, 2.75) is 150 Å². The van der Waals surface area contributed by atoms with Gasteiger partial charge in [0.15, 0.2) is 0 Å². The van der Waals surface area contributed by atoms with Crippen LogP contribution in [0.15, 0.2) is 24.3 Å². The zero-order valence-corrected chi connectivity index (χ0v) is 24.2. The molecule has 2 rings (SSSR count). The second kappa shape index (κ2) is 21.3. The summed E-state index contributed by atoms with van der Waals surface area (Å²) in [5.41, 5.74) is 2.84. The molecule has 0 radical (unpaired) electrons. The van der Waals surface area contributed by atoms with Crippen molar-refractivity contribution in [3.63, 3.8) is 0 Å². The van der Waals surface area contributed by atoms with E-state index in [0.717, 1.165) is 29.6 Å². The maximum absolute atomic E-state index is 4.44. The van der Waals surface area contributed by atoms with Crippen molar-refractivity contribution in [1.29, 1.82) is 0 Å². The van der Waals surface area contributed by atoms with Crippen LogP contribution in [0.1, 0.15) is 150 Å². The quantitative estimate of drug-likeness (QED) is 0.143. The molecule has 0 aliphatic heterocycles. The summed E-state index contributed by atoms with van der Waals surface area (Å²) in [7, 11) is 0. The van der Waals surface area contributed by atoms with Crippen LogP contribution in [0, 0.1) is 42.4 Å². The molecule has 0 heteroatoms. The molecule has 0 N–H and O–H groups in total. The molecule has 0 aromatic heterocycles. The van der Waals surface area contributed by atoms with E-state index in [9.17, 15) is 0 Å². The molecule has 198 valence electrons. The number of allylic oxidation sites excluding steroid dienone is 2. The van der Waals surface area contributed by atoms with Gasteiger partial charge in [0.05, 0.1) is 0 Å². The maximum atomic E-state index is 4.44. The summed E-state index contributed by atoms with van der Waals surface area (Å²) in [6, 6.07) is 0. The molecule has 0 aromatic rings. The fourth-order valence-corrected chi connectivity index (χ4v) is 6.32. The normalized spacial score (nSPS) is 25.1. The lowest BCUT2D eigenvalue weighted by atomic mass is 9.69. The first-order valence-electron chi connectivity index (χ1n) is 15.1. The predicted octanol–water partition coefficient (Wildman–Crippen LogP) is 11.6. The van der Waals surface area contributed by atoms with Gasteiger partial charge in [-0.2, -0.15) is 0 Å². The van der Waals surface area contributed by atoms with Gasteiger partial charge < -0.3 is 0 Å². The van der Waals surface area contributed by atoms with Crippen LogP contribution in [0.3, 0.4) is 0 Å². The number of hydrogen-bond acceptors (Lipinski definition) is 0. The Labute approximate surface area is 216 Å². The zero-order chi connectivity index (χ0) is 25.8. The Morgan fingerprint density at radius 2 is 1.26 bits per heavy atom. The van der Waals surface area contributed by atoms with Crippen LogP contribution >= 0.6 is 0 Å². The summed E-state index contributed by atoms with van der Waals surface area (Å²) in [6.45, 7) is 20.1. The van der Waals surface area contributed by atoms with Gasteiger partial charge in [-0.25, -0.2) is 0 Å². The van der Waals surface area contributed by atoms with E-state index in [4.69, 9.17) is 0 Å². The summed E-state index contributed by atoms with van der Waals surface area (Å²) >= 11 is 0. The van der Waals surface area contributed by atoms with Gasteiger partial charge >= 0.3 is 0 Å². The Morgan fingerprint density at radius 3 is 1.82 bits per heavy atom. The van der Waals surface area contributed by atoms with Crippen molar-refractivity contribution in [3.05, 3.63) is 24.3 Å². The molecule has 0 heterocycles. The van der Waals surface area contributed by atoms with Crippen LogP contribution < -0.4 is 0 Å². The SMILES string of the molecule is C#C.C=C(C)CCCCC(=C)C(C)C1CCCCC1CCCC.CCCCC1CCCCC1C. The molecular weight excluding hydrogens is 408 g/mol. The van der Waals surface area contributed by atoms with Crippen molar-refractivity contribution in [2.75, 3.05) is 0 Å². The van der Waals surface area contributed by atoms with Gasteiger partial charge in [0.25, 0.3) is 0 Å². The molecule has 0 amide bonds. The van der Waals surface area contributed by atoms with Crippen molar-refractivity contribution in [1.82, 2.24) is 0 Å². The van der Waals surface area contributed by atoms with Crippen molar-refractivity contribution >= 4 is 0 Å². The third-order valence-electron chi connectivity index (χ3n) is 8.75. The third-order valence-corrected chi connectivity index (χ3v) is 8.75. The topological polar surface area (TPSA) is 0 Å². The van der Waals surface area contributed by atoms with E-state index >= 15 is 0 Å². The first-order chi connectivity index (χ1) is 16.4. The van der Waals surface area contributed by atoms with Crippen molar-refractivity contribution < 1.29 is 0 Å². The van der Waals surface area contributed by atoms with Gasteiger partial charge in [0.2, 0.25) is 0 Å². The fraction of sp³-hybridized carbons (Fsp3) is 0.824. The number of terminal acetylenes is 1. The lowest BCUT2D eigenvalue weighted by Crippen LogP contribution is -2.26. The van der Waals surface area contributed by atoms with Gasteiger partial charge in [-0.05, 0) is 68.6 Å². The maximum Gasteiger partial charge on any atom is -0.0203 e. The smallest absolute Gasteiger partial charge is 0.0203 e. The van der Waals surface area contributed by atoms with Crippen molar-refractivity contribution in [2.24, 2.45) is 29.6 Å². The highest BCUT2D eigenvalue weighted by Gasteiger charge is 2.29. The monoisotopic (exact) mass is 470 g/mol. The van der Waals surface area contributed by atoms with E-state index < -0.39 is 0 Å². The minimum Gasteiger partial charge on any atom is -0.124 e. The molecule has 0 saturated heterocycles. The molecule has 0 aromatic carbocycles. The minimum atomic E-state index is 0.733. The van der Waals surface area contributed by atoms with Gasteiger partial charge in [-0.3, -0.25) is 0 Å². The molecular formula is C34H62. The highest BCUT2D eigenvalue weighted by molar-refractivity contribution is 5.03. The van der Waals surface area contributed by atoms with Gasteiger partial charge in [0, 0.05) is 0 Å². The van der Waals surface area contributed by atoms with E-state index in [1.54, 1.807) is 0 Å². The lowest BCUT2D eigenvalue weighted by molar-refractivity contribution is 0.173. The zero-order valence-electron chi connectivity index (χ0n) is 24.2. The van der Waals surface area contributed by atoms with Crippen molar-refractivity contribution in [3.8, 4) is 12.8 Å². The van der Waals surface area contributed by atoms with E-state index in [-0.39, 0.29) is 0 Å². The molecule has 2 aliphatic rings. The molecule has 5 unspecified atom stereocenters. The van der Waals surface area contributed by atoms with Crippen LogP contribution in [0.4, 0.5) is 0 Å². The largest absolute Gasteiger partial charge is 0.124 e.